The lowest BCUT2D eigenvalue weighted by molar-refractivity contribution is -0.385. The van der Waals surface area contributed by atoms with Gasteiger partial charge in [-0.1, -0.05) is 0 Å². The van der Waals surface area contributed by atoms with E-state index in [9.17, 15) is 25.5 Å². The molecule has 0 unspecified atom stereocenters. The van der Waals surface area contributed by atoms with E-state index in [1.165, 1.54) is 42.5 Å². The number of hydrogen-bond donors (Lipinski definition) is 0. The van der Waals surface area contributed by atoms with Gasteiger partial charge in [-0.15, -0.1) is 0 Å². The second-order valence-electron chi connectivity index (χ2n) is 5.48. The van der Waals surface area contributed by atoms with Crippen molar-refractivity contribution in [3.63, 3.8) is 0 Å². The Kier molecular flexibility index (Phi) is 4.77. The molecule has 0 amide bonds. The van der Waals surface area contributed by atoms with Crippen LogP contribution in [-0.4, -0.2) is 9.85 Å². The van der Waals surface area contributed by atoms with Crippen molar-refractivity contribution >= 4 is 23.0 Å². The SMILES string of the molecule is N#C/C(=C\c1ccc(-c2ccc([N+](=O)[O-])cc2)o1)c1ccc([N+](=O)[O-])cc1. The normalized spacial score (nSPS) is 11.0. The topological polar surface area (TPSA) is 123 Å². The molecule has 0 aliphatic heterocycles. The van der Waals surface area contributed by atoms with E-state index >= 15 is 0 Å². The molecule has 8 heteroatoms. The summed E-state index contributed by atoms with van der Waals surface area (Å²) in [7, 11) is 0. The van der Waals surface area contributed by atoms with E-state index in [-0.39, 0.29) is 16.9 Å². The van der Waals surface area contributed by atoms with Crippen molar-refractivity contribution in [2.45, 2.75) is 0 Å². The summed E-state index contributed by atoms with van der Waals surface area (Å²) in [6.07, 6.45) is 1.52. The Morgan fingerprint density at radius 3 is 1.96 bits per heavy atom. The number of hydrogen-bond acceptors (Lipinski definition) is 6. The van der Waals surface area contributed by atoms with Crippen molar-refractivity contribution in [1.29, 1.82) is 5.26 Å². The summed E-state index contributed by atoms with van der Waals surface area (Å²) < 4.78 is 5.68. The summed E-state index contributed by atoms with van der Waals surface area (Å²) in [6.45, 7) is 0. The highest BCUT2D eigenvalue weighted by Gasteiger charge is 2.10. The van der Waals surface area contributed by atoms with Crippen LogP contribution in [0.5, 0.6) is 0 Å². The molecule has 1 heterocycles. The Hall–Kier alpha value is -4.25. The Labute approximate surface area is 152 Å². The zero-order valence-corrected chi connectivity index (χ0v) is 13.7. The van der Waals surface area contributed by atoms with Crippen LogP contribution in [0.15, 0.2) is 65.1 Å². The van der Waals surface area contributed by atoms with E-state index in [0.29, 0.717) is 22.6 Å². The Balaban J connectivity index is 1.87. The molecule has 2 aromatic carbocycles. The lowest BCUT2D eigenvalue weighted by Gasteiger charge is -1.99. The Morgan fingerprint density at radius 1 is 0.889 bits per heavy atom. The van der Waals surface area contributed by atoms with Crippen LogP contribution in [0.3, 0.4) is 0 Å². The van der Waals surface area contributed by atoms with Crippen LogP contribution in [-0.2, 0) is 0 Å². The molecule has 0 atom stereocenters. The molecule has 1 aromatic heterocycles. The molecule has 0 radical (unpaired) electrons. The summed E-state index contributed by atoms with van der Waals surface area (Å²) in [5.41, 5.74) is 1.39. The van der Waals surface area contributed by atoms with Crippen molar-refractivity contribution in [3.8, 4) is 17.4 Å². The summed E-state index contributed by atoms with van der Waals surface area (Å²) in [4.78, 5) is 20.4. The van der Waals surface area contributed by atoms with E-state index < -0.39 is 9.85 Å². The van der Waals surface area contributed by atoms with E-state index in [1.54, 1.807) is 24.3 Å². The molecule has 0 saturated heterocycles. The smallest absolute Gasteiger partial charge is 0.269 e. The molecule has 0 spiro atoms. The fraction of sp³-hybridized carbons (Fsp3) is 0. The zero-order chi connectivity index (χ0) is 19.4. The van der Waals surface area contributed by atoms with Gasteiger partial charge in [0.05, 0.1) is 21.5 Å². The number of nitro groups is 2. The van der Waals surface area contributed by atoms with Gasteiger partial charge in [0.1, 0.15) is 11.5 Å². The quantitative estimate of drug-likeness (QED) is 0.364. The van der Waals surface area contributed by atoms with Crippen molar-refractivity contribution in [1.82, 2.24) is 0 Å². The van der Waals surface area contributed by atoms with Gasteiger partial charge >= 0.3 is 0 Å². The summed E-state index contributed by atoms with van der Waals surface area (Å²) in [5.74, 6) is 0.912. The molecule has 0 aliphatic rings. The van der Waals surface area contributed by atoms with Crippen LogP contribution in [0.2, 0.25) is 0 Å². The third-order valence-electron chi connectivity index (χ3n) is 3.79. The molecule has 0 saturated carbocycles. The minimum atomic E-state index is -0.511. The lowest BCUT2D eigenvalue weighted by Crippen LogP contribution is -1.88. The van der Waals surface area contributed by atoms with Gasteiger partial charge < -0.3 is 4.42 Å². The highest BCUT2D eigenvalue weighted by atomic mass is 16.6. The van der Waals surface area contributed by atoms with Crippen molar-refractivity contribution in [2.75, 3.05) is 0 Å². The minimum Gasteiger partial charge on any atom is -0.457 e. The molecule has 27 heavy (non-hydrogen) atoms. The van der Waals surface area contributed by atoms with Gasteiger partial charge in [-0.2, -0.15) is 5.26 Å². The lowest BCUT2D eigenvalue weighted by atomic mass is 10.1. The van der Waals surface area contributed by atoms with E-state index in [4.69, 9.17) is 4.42 Å². The van der Waals surface area contributed by atoms with Crippen LogP contribution < -0.4 is 0 Å². The summed E-state index contributed by atoms with van der Waals surface area (Å²) in [5, 5.41) is 30.8. The van der Waals surface area contributed by atoms with Gasteiger partial charge in [0.15, 0.2) is 0 Å². The number of rotatable bonds is 5. The molecule has 0 N–H and O–H groups in total. The minimum absolute atomic E-state index is 0.0182. The molecule has 132 valence electrons. The second kappa shape index (κ2) is 7.33. The van der Waals surface area contributed by atoms with Gasteiger partial charge in [0.2, 0.25) is 0 Å². The molecule has 0 fully saturated rings. The number of nitro benzene ring substituents is 2. The van der Waals surface area contributed by atoms with Gasteiger partial charge in [0, 0.05) is 29.8 Å². The fourth-order valence-corrected chi connectivity index (χ4v) is 2.42. The first-order chi connectivity index (χ1) is 13.0. The van der Waals surface area contributed by atoms with E-state index in [2.05, 4.69) is 0 Å². The first kappa shape index (κ1) is 17.6. The first-order valence-corrected chi connectivity index (χ1v) is 7.69. The van der Waals surface area contributed by atoms with Crippen molar-refractivity contribution in [3.05, 3.63) is 92.2 Å². The monoisotopic (exact) mass is 361 g/mol. The van der Waals surface area contributed by atoms with Crippen LogP contribution >= 0.6 is 0 Å². The number of non-ortho nitro benzene ring substituents is 2. The predicted molar refractivity (Wildman–Crippen MR) is 97.4 cm³/mol. The van der Waals surface area contributed by atoms with Gasteiger partial charge in [0.25, 0.3) is 11.4 Å². The Morgan fingerprint density at radius 2 is 1.44 bits per heavy atom. The van der Waals surface area contributed by atoms with Crippen molar-refractivity contribution in [2.24, 2.45) is 0 Å². The molecule has 8 nitrogen and oxygen atoms in total. The average molecular weight is 361 g/mol. The maximum Gasteiger partial charge on any atom is 0.269 e. The van der Waals surface area contributed by atoms with Gasteiger partial charge in [-0.25, -0.2) is 0 Å². The molecular formula is C19H11N3O5. The van der Waals surface area contributed by atoms with Crippen molar-refractivity contribution < 1.29 is 14.3 Å². The third-order valence-corrected chi connectivity index (χ3v) is 3.79. The maximum absolute atomic E-state index is 10.7. The largest absolute Gasteiger partial charge is 0.457 e. The maximum atomic E-state index is 10.7. The standard InChI is InChI=1S/C19H11N3O5/c20-12-15(13-1-5-16(6-2-13)21(23)24)11-18-9-10-19(27-18)14-3-7-17(8-4-14)22(25)26/h1-11H/b15-11+. The number of allylic oxidation sites excluding steroid dienone is 1. The van der Waals surface area contributed by atoms with E-state index in [0.717, 1.165) is 0 Å². The van der Waals surface area contributed by atoms with E-state index in [1.807, 2.05) is 6.07 Å². The van der Waals surface area contributed by atoms with Crippen LogP contribution in [0.25, 0.3) is 23.0 Å². The number of furan rings is 1. The second-order valence-corrected chi connectivity index (χ2v) is 5.48. The molecule has 0 bridgehead atoms. The van der Waals surface area contributed by atoms with Gasteiger partial charge in [-0.05, 0) is 48.0 Å². The predicted octanol–water partition coefficient (Wildman–Crippen LogP) is 4.83. The fourth-order valence-electron chi connectivity index (χ4n) is 2.42. The van der Waals surface area contributed by atoms with Crippen LogP contribution in [0.4, 0.5) is 11.4 Å². The summed E-state index contributed by atoms with van der Waals surface area (Å²) >= 11 is 0. The van der Waals surface area contributed by atoms with Crippen LogP contribution in [0, 0.1) is 31.6 Å². The highest BCUT2D eigenvalue weighted by Crippen LogP contribution is 2.27. The average Bonchev–Trinajstić information content (AvgIpc) is 3.15. The highest BCUT2D eigenvalue weighted by molar-refractivity contribution is 5.89. The van der Waals surface area contributed by atoms with Crippen LogP contribution in [0.1, 0.15) is 11.3 Å². The first-order valence-electron chi connectivity index (χ1n) is 7.69. The molecule has 0 aliphatic carbocycles. The number of benzene rings is 2. The number of nitriles is 1. The molecule has 3 aromatic rings. The third kappa shape index (κ3) is 3.88. The zero-order valence-electron chi connectivity index (χ0n) is 13.7. The molecule has 3 rings (SSSR count). The van der Waals surface area contributed by atoms with Gasteiger partial charge in [-0.3, -0.25) is 20.2 Å². The molecular weight excluding hydrogens is 350 g/mol. The Bertz CT molecular complexity index is 1070. The number of nitrogens with zero attached hydrogens (tertiary/aromatic N) is 3. The summed E-state index contributed by atoms with van der Waals surface area (Å²) in [6, 6.07) is 16.9.